The molecule has 1 aromatic rings. The van der Waals surface area contributed by atoms with Crippen molar-refractivity contribution < 1.29 is 24.2 Å². The van der Waals surface area contributed by atoms with Crippen molar-refractivity contribution in [2.75, 3.05) is 13.2 Å². The molecule has 0 aromatic heterocycles. The minimum absolute atomic E-state index is 0.120. The highest BCUT2D eigenvalue weighted by atomic mass is 16.5. The number of benzene rings is 1. The molecule has 142 valence electrons. The van der Waals surface area contributed by atoms with Crippen LogP contribution in [0.2, 0.25) is 0 Å². The lowest BCUT2D eigenvalue weighted by Gasteiger charge is -2.23. The van der Waals surface area contributed by atoms with E-state index in [1.54, 1.807) is 18.2 Å². The SMILES string of the molecule is O=C(N[C@H]1CCCCC[C@H]1C(=O)O)c1cccc(OCC2CCCO2)c1. The first-order chi connectivity index (χ1) is 12.6. The number of hydrogen-bond donors (Lipinski definition) is 2. The number of carboxylic acid groups (broad SMARTS) is 1. The van der Waals surface area contributed by atoms with Crippen molar-refractivity contribution in [3.8, 4) is 5.75 Å². The third-order valence-corrected chi connectivity index (χ3v) is 5.21. The summed E-state index contributed by atoms with van der Waals surface area (Å²) in [7, 11) is 0. The van der Waals surface area contributed by atoms with Gasteiger partial charge in [-0.1, -0.05) is 25.3 Å². The van der Waals surface area contributed by atoms with Crippen molar-refractivity contribution in [3.63, 3.8) is 0 Å². The normalized spacial score (nSPS) is 26.1. The molecule has 26 heavy (non-hydrogen) atoms. The summed E-state index contributed by atoms with van der Waals surface area (Å²) in [6, 6.07) is 6.70. The van der Waals surface area contributed by atoms with Gasteiger partial charge in [0.1, 0.15) is 12.4 Å². The summed E-state index contributed by atoms with van der Waals surface area (Å²) in [6.45, 7) is 1.26. The average molecular weight is 361 g/mol. The van der Waals surface area contributed by atoms with Crippen LogP contribution < -0.4 is 10.1 Å². The van der Waals surface area contributed by atoms with E-state index < -0.39 is 11.9 Å². The Bertz CT molecular complexity index is 626. The first-order valence-electron chi connectivity index (χ1n) is 9.51. The molecule has 3 atom stereocenters. The maximum Gasteiger partial charge on any atom is 0.308 e. The first-order valence-corrected chi connectivity index (χ1v) is 9.51. The molecule has 6 nitrogen and oxygen atoms in total. The molecule has 1 aliphatic carbocycles. The molecular weight excluding hydrogens is 334 g/mol. The molecule has 1 heterocycles. The fourth-order valence-electron chi connectivity index (χ4n) is 3.72. The van der Waals surface area contributed by atoms with Crippen LogP contribution in [-0.2, 0) is 9.53 Å². The number of carboxylic acids is 1. The highest BCUT2D eigenvalue weighted by Gasteiger charge is 2.30. The van der Waals surface area contributed by atoms with Gasteiger partial charge in [-0.3, -0.25) is 9.59 Å². The molecular formula is C20H27NO5. The molecule has 2 N–H and O–H groups in total. The zero-order valence-electron chi connectivity index (χ0n) is 15.0. The van der Waals surface area contributed by atoms with E-state index in [9.17, 15) is 14.7 Å². The number of ether oxygens (including phenoxy) is 2. The molecule has 1 saturated heterocycles. The van der Waals surface area contributed by atoms with Gasteiger partial charge in [-0.05, 0) is 43.9 Å². The van der Waals surface area contributed by atoms with Crippen LogP contribution in [0.4, 0.5) is 0 Å². The van der Waals surface area contributed by atoms with Gasteiger partial charge >= 0.3 is 5.97 Å². The fraction of sp³-hybridized carbons (Fsp3) is 0.600. The van der Waals surface area contributed by atoms with Crippen LogP contribution in [0.5, 0.6) is 5.75 Å². The highest BCUT2D eigenvalue weighted by molar-refractivity contribution is 5.95. The number of carbonyl (C=O) groups is 2. The molecule has 1 saturated carbocycles. The van der Waals surface area contributed by atoms with Crippen LogP contribution in [0.15, 0.2) is 24.3 Å². The number of rotatable bonds is 6. The summed E-state index contributed by atoms with van der Waals surface area (Å²) in [6.07, 6.45) is 6.36. The quantitative estimate of drug-likeness (QED) is 0.761. The van der Waals surface area contributed by atoms with Crippen LogP contribution in [0, 0.1) is 5.92 Å². The number of nitrogens with one attached hydrogen (secondary N) is 1. The van der Waals surface area contributed by atoms with Gasteiger partial charge in [0.2, 0.25) is 0 Å². The molecule has 3 rings (SSSR count). The number of amides is 1. The Hall–Kier alpha value is -2.08. The van der Waals surface area contributed by atoms with E-state index >= 15 is 0 Å². The predicted octanol–water partition coefficient (Wildman–Crippen LogP) is 3.01. The average Bonchev–Trinajstić information content (AvgIpc) is 3.05. The Morgan fingerprint density at radius 3 is 2.77 bits per heavy atom. The number of aliphatic carboxylic acids is 1. The van der Waals surface area contributed by atoms with Crippen molar-refractivity contribution >= 4 is 11.9 Å². The monoisotopic (exact) mass is 361 g/mol. The lowest BCUT2D eigenvalue weighted by atomic mass is 9.94. The van der Waals surface area contributed by atoms with Crippen molar-refractivity contribution in [3.05, 3.63) is 29.8 Å². The van der Waals surface area contributed by atoms with Gasteiger partial charge < -0.3 is 19.9 Å². The Morgan fingerprint density at radius 1 is 1.15 bits per heavy atom. The molecule has 6 heteroatoms. The van der Waals surface area contributed by atoms with E-state index in [2.05, 4.69) is 5.32 Å². The van der Waals surface area contributed by atoms with Crippen molar-refractivity contribution in [2.24, 2.45) is 5.92 Å². The van der Waals surface area contributed by atoms with Crippen LogP contribution in [-0.4, -0.2) is 42.3 Å². The maximum absolute atomic E-state index is 12.6. The van der Waals surface area contributed by atoms with Gasteiger partial charge in [0.05, 0.1) is 12.0 Å². The van der Waals surface area contributed by atoms with E-state index in [1.807, 2.05) is 6.07 Å². The maximum atomic E-state index is 12.6. The van der Waals surface area contributed by atoms with Crippen LogP contribution >= 0.6 is 0 Å². The molecule has 0 bridgehead atoms. The molecule has 2 aliphatic rings. The van der Waals surface area contributed by atoms with Gasteiger partial charge in [0.25, 0.3) is 5.91 Å². The number of carbonyl (C=O) groups excluding carboxylic acids is 1. The molecule has 1 unspecified atom stereocenters. The third kappa shape index (κ3) is 4.97. The van der Waals surface area contributed by atoms with Gasteiger partial charge in [0.15, 0.2) is 0 Å². The smallest absolute Gasteiger partial charge is 0.308 e. The zero-order chi connectivity index (χ0) is 18.4. The molecule has 0 spiro atoms. The molecule has 0 radical (unpaired) electrons. The highest BCUT2D eigenvalue weighted by Crippen LogP contribution is 2.24. The lowest BCUT2D eigenvalue weighted by molar-refractivity contribution is -0.142. The Labute approximate surface area is 153 Å². The summed E-state index contributed by atoms with van der Waals surface area (Å²) in [5.41, 5.74) is 0.489. The minimum atomic E-state index is -0.828. The van der Waals surface area contributed by atoms with Gasteiger partial charge in [-0.25, -0.2) is 0 Å². The molecule has 1 amide bonds. The summed E-state index contributed by atoms with van der Waals surface area (Å²) < 4.78 is 11.3. The second-order valence-corrected chi connectivity index (χ2v) is 7.14. The largest absolute Gasteiger partial charge is 0.491 e. The van der Waals surface area contributed by atoms with Crippen molar-refractivity contribution in [1.82, 2.24) is 5.32 Å². The van der Waals surface area contributed by atoms with E-state index in [-0.39, 0.29) is 18.1 Å². The van der Waals surface area contributed by atoms with Crippen LogP contribution in [0.25, 0.3) is 0 Å². The minimum Gasteiger partial charge on any atom is -0.491 e. The Morgan fingerprint density at radius 2 is 2.00 bits per heavy atom. The third-order valence-electron chi connectivity index (χ3n) is 5.21. The lowest BCUT2D eigenvalue weighted by Crippen LogP contribution is -2.42. The van der Waals surface area contributed by atoms with Gasteiger partial charge in [0, 0.05) is 18.2 Å². The topological polar surface area (TPSA) is 84.9 Å². The Balaban J connectivity index is 1.61. The van der Waals surface area contributed by atoms with E-state index in [4.69, 9.17) is 9.47 Å². The van der Waals surface area contributed by atoms with Gasteiger partial charge in [-0.2, -0.15) is 0 Å². The summed E-state index contributed by atoms with van der Waals surface area (Å²) in [5.74, 6) is -0.958. The molecule has 1 aromatic carbocycles. The second kappa shape index (κ2) is 9.03. The molecule has 1 aliphatic heterocycles. The summed E-state index contributed by atoms with van der Waals surface area (Å²) >= 11 is 0. The van der Waals surface area contributed by atoms with Crippen LogP contribution in [0.3, 0.4) is 0 Å². The first kappa shape index (κ1) is 18.7. The Kier molecular flexibility index (Phi) is 6.50. The standard InChI is InChI=1S/C20H27NO5/c22-19(21-18-10-3-1-2-9-17(18)20(23)24)14-6-4-7-15(12-14)26-13-16-8-5-11-25-16/h4,6-7,12,16-18H,1-3,5,8-11,13H2,(H,21,22)(H,23,24)/t16?,17-,18+/m1/s1. The van der Waals surface area contributed by atoms with Gasteiger partial charge in [-0.15, -0.1) is 0 Å². The zero-order valence-corrected chi connectivity index (χ0v) is 15.0. The fourth-order valence-corrected chi connectivity index (χ4v) is 3.72. The van der Waals surface area contributed by atoms with Crippen LogP contribution in [0.1, 0.15) is 55.3 Å². The summed E-state index contributed by atoms with van der Waals surface area (Å²) in [5, 5.41) is 12.4. The molecule has 2 fully saturated rings. The number of hydrogen-bond acceptors (Lipinski definition) is 4. The summed E-state index contributed by atoms with van der Waals surface area (Å²) in [4.78, 5) is 24.1. The van der Waals surface area contributed by atoms with E-state index in [0.717, 1.165) is 38.7 Å². The van der Waals surface area contributed by atoms with Crippen molar-refractivity contribution in [1.29, 1.82) is 0 Å². The van der Waals surface area contributed by atoms with E-state index in [1.165, 1.54) is 0 Å². The predicted molar refractivity (Wildman–Crippen MR) is 96.4 cm³/mol. The van der Waals surface area contributed by atoms with Crippen molar-refractivity contribution in [2.45, 2.75) is 57.1 Å². The van der Waals surface area contributed by atoms with E-state index in [0.29, 0.717) is 30.8 Å². The second-order valence-electron chi connectivity index (χ2n) is 7.14.